The van der Waals surface area contributed by atoms with Crippen LogP contribution in [0.25, 0.3) is 11.1 Å². The molecule has 2 heterocycles. The first-order valence-corrected chi connectivity index (χ1v) is 6.23. The molecule has 0 aliphatic heterocycles. The molecule has 19 heavy (non-hydrogen) atoms. The third-order valence-electron chi connectivity index (χ3n) is 2.82. The van der Waals surface area contributed by atoms with Gasteiger partial charge < -0.3 is 9.73 Å². The molecular formula is C14H14N4O. The molecule has 0 bridgehead atoms. The fourth-order valence-corrected chi connectivity index (χ4v) is 1.85. The first kappa shape index (κ1) is 11.6. The lowest BCUT2D eigenvalue weighted by molar-refractivity contribution is 0.538. The Morgan fingerprint density at radius 2 is 2.21 bits per heavy atom. The van der Waals surface area contributed by atoms with Crippen LogP contribution in [-0.2, 0) is 13.0 Å². The Morgan fingerprint density at radius 3 is 3.00 bits per heavy atom. The monoisotopic (exact) mass is 254 g/mol. The van der Waals surface area contributed by atoms with Crippen molar-refractivity contribution >= 4 is 16.8 Å². The lowest BCUT2D eigenvalue weighted by atomic mass is 10.3. The fraction of sp³-hybridized carbons (Fsp3) is 0.214. The van der Waals surface area contributed by atoms with Crippen molar-refractivity contribution in [2.75, 3.05) is 5.32 Å². The molecule has 0 unspecified atom stereocenters. The highest BCUT2D eigenvalue weighted by Crippen LogP contribution is 2.20. The molecule has 2 aromatic heterocycles. The van der Waals surface area contributed by atoms with Crippen LogP contribution in [0.15, 0.2) is 41.2 Å². The zero-order chi connectivity index (χ0) is 13.1. The second kappa shape index (κ2) is 5.06. The van der Waals surface area contributed by atoms with Gasteiger partial charge in [0.15, 0.2) is 11.5 Å². The zero-order valence-electron chi connectivity index (χ0n) is 10.6. The van der Waals surface area contributed by atoms with Crippen molar-refractivity contribution in [1.29, 1.82) is 0 Å². The van der Waals surface area contributed by atoms with Gasteiger partial charge in [-0.15, -0.1) is 0 Å². The number of anilines is 1. The maximum absolute atomic E-state index is 5.57. The van der Waals surface area contributed by atoms with Gasteiger partial charge in [0.25, 0.3) is 0 Å². The average molecular weight is 254 g/mol. The molecule has 1 aromatic carbocycles. The van der Waals surface area contributed by atoms with E-state index in [4.69, 9.17) is 4.42 Å². The normalized spacial score (nSPS) is 10.8. The van der Waals surface area contributed by atoms with E-state index in [2.05, 4.69) is 20.3 Å². The van der Waals surface area contributed by atoms with Crippen LogP contribution in [-0.4, -0.2) is 15.0 Å². The predicted molar refractivity (Wildman–Crippen MR) is 72.7 cm³/mol. The third-order valence-corrected chi connectivity index (χ3v) is 2.82. The van der Waals surface area contributed by atoms with Crippen LogP contribution in [0.1, 0.15) is 18.5 Å². The van der Waals surface area contributed by atoms with E-state index >= 15 is 0 Å². The molecule has 0 atom stereocenters. The van der Waals surface area contributed by atoms with E-state index in [1.807, 2.05) is 25.1 Å². The second-order valence-electron chi connectivity index (χ2n) is 4.19. The lowest BCUT2D eigenvalue weighted by Crippen LogP contribution is -2.01. The molecule has 0 radical (unpaired) electrons. The molecule has 0 saturated carbocycles. The van der Waals surface area contributed by atoms with Crippen molar-refractivity contribution in [2.45, 2.75) is 19.9 Å². The molecule has 0 spiro atoms. The largest absolute Gasteiger partial charge is 0.441 e. The van der Waals surface area contributed by atoms with Crippen molar-refractivity contribution in [3.05, 3.63) is 48.4 Å². The van der Waals surface area contributed by atoms with Gasteiger partial charge in [-0.25, -0.2) is 4.98 Å². The van der Waals surface area contributed by atoms with Crippen LogP contribution in [0, 0.1) is 0 Å². The van der Waals surface area contributed by atoms with E-state index in [9.17, 15) is 0 Å². The van der Waals surface area contributed by atoms with Gasteiger partial charge in [0, 0.05) is 24.5 Å². The minimum Gasteiger partial charge on any atom is -0.441 e. The van der Waals surface area contributed by atoms with E-state index in [-0.39, 0.29) is 0 Å². The molecule has 1 N–H and O–H groups in total. The number of nitrogens with zero attached hydrogens (tertiary/aromatic N) is 3. The smallest absolute Gasteiger partial charge is 0.195 e. The zero-order valence-corrected chi connectivity index (χ0v) is 10.6. The molecule has 0 amide bonds. The van der Waals surface area contributed by atoms with Crippen molar-refractivity contribution in [1.82, 2.24) is 15.0 Å². The summed E-state index contributed by atoms with van der Waals surface area (Å²) in [4.78, 5) is 12.7. The number of oxazole rings is 1. The number of fused-ring (bicyclic) bond motifs is 1. The number of aryl methyl sites for hydroxylation is 1. The fourth-order valence-electron chi connectivity index (χ4n) is 1.85. The van der Waals surface area contributed by atoms with Gasteiger partial charge in [-0.05, 0) is 18.2 Å². The number of benzene rings is 1. The summed E-state index contributed by atoms with van der Waals surface area (Å²) in [6, 6.07) is 5.89. The van der Waals surface area contributed by atoms with Crippen LogP contribution >= 0.6 is 0 Å². The van der Waals surface area contributed by atoms with Gasteiger partial charge in [0.1, 0.15) is 5.52 Å². The molecule has 0 aliphatic rings. The maximum atomic E-state index is 5.57. The summed E-state index contributed by atoms with van der Waals surface area (Å²) in [6.07, 6.45) is 5.90. The van der Waals surface area contributed by atoms with Crippen LogP contribution in [0.5, 0.6) is 0 Å². The Balaban J connectivity index is 1.78. The van der Waals surface area contributed by atoms with Gasteiger partial charge >= 0.3 is 0 Å². The summed E-state index contributed by atoms with van der Waals surface area (Å²) in [6.45, 7) is 2.66. The van der Waals surface area contributed by atoms with E-state index < -0.39 is 0 Å². The number of nitrogens with one attached hydrogen (secondary N) is 1. The van der Waals surface area contributed by atoms with E-state index in [1.54, 1.807) is 18.6 Å². The molecule has 0 saturated heterocycles. The SMILES string of the molecule is CCc1nc2cc(NCc3cnccn3)ccc2o1. The van der Waals surface area contributed by atoms with Gasteiger partial charge in [-0.3, -0.25) is 9.97 Å². The number of hydrogen-bond donors (Lipinski definition) is 1. The molecule has 5 nitrogen and oxygen atoms in total. The van der Waals surface area contributed by atoms with Crippen LogP contribution in [0.4, 0.5) is 5.69 Å². The minimum absolute atomic E-state index is 0.637. The standard InChI is InChI=1S/C14H14N4O/c1-2-14-18-12-7-10(3-4-13(12)19-14)17-9-11-8-15-5-6-16-11/h3-8,17H,2,9H2,1H3. The van der Waals surface area contributed by atoms with Gasteiger partial charge in [0.05, 0.1) is 18.4 Å². The highest BCUT2D eigenvalue weighted by atomic mass is 16.3. The molecule has 0 fully saturated rings. The number of aromatic nitrogens is 3. The van der Waals surface area contributed by atoms with Crippen molar-refractivity contribution in [3.63, 3.8) is 0 Å². The summed E-state index contributed by atoms with van der Waals surface area (Å²) in [5.41, 5.74) is 3.59. The van der Waals surface area contributed by atoms with E-state index in [1.165, 1.54) is 0 Å². The summed E-state index contributed by atoms with van der Waals surface area (Å²) in [7, 11) is 0. The molecule has 3 rings (SSSR count). The van der Waals surface area contributed by atoms with Crippen LogP contribution in [0.3, 0.4) is 0 Å². The second-order valence-corrected chi connectivity index (χ2v) is 4.19. The average Bonchev–Trinajstić information content (AvgIpc) is 2.88. The van der Waals surface area contributed by atoms with Crippen LogP contribution < -0.4 is 5.32 Å². The summed E-state index contributed by atoms with van der Waals surface area (Å²) in [5.74, 6) is 0.765. The summed E-state index contributed by atoms with van der Waals surface area (Å²) >= 11 is 0. The van der Waals surface area contributed by atoms with Crippen molar-refractivity contribution < 1.29 is 4.42 Å². The molecule has 3 aromatic rings. The topological polar surface area (TPSA) is 63.8 Å². The first-order chi connectivity index (χ1) is 9.35. The Morgan fingerprint density at radius 1 is 1.26 bits per heavy atom. The van der Waals surface area contributed by atoms with Gasteiger partial charge in [-0.1, -0.05) is 6.92 Å². The first-order valence-electron chi connectivity index (χ1n) is 6.23. The molecular weight excluding hydrogens is 240 g/mol. The summed E-state index contributed by atoms with van der Waals surface area (Å²) < 4.78 is 5.57. The Bertz CT molecular complexity index is 678. The van der Waals surface area contributed by atoms with Crippen LogP contribution in [0.2, 0.25) is 0 Å². The number of hydrogen-bond acceptors (Lipinski definition) is 5. The minimum atomic E-state index is 0.637. The van der Waals surface area contributed by atoms with E-state index in [0.717, 1.165) is 34.8 Å². The van der Waals surface area contributed by atoms with Gasteiger partial charge in [-0.2, -0.15) is 0 Å². The Kier molecular flexibility index (Phi) is 3.10. The quantitative estimate of drug-likeness (QED) is 0.775. The third kappa shape index (κ3) is 2.54. The van der Waals surface area contributed by atoms with Gasteiger partial charge in [0.2, 0.25) is 0 Å². The number of rotatable bonds is 4. The Hall–Kier alpha value is -2.43. The van der Waals surface area contributed by atoms with Crippen molar-refractivity contribution in [2.24, 2.45) is 0 Å². The van der Waals surface area contributed by atoms with E-state index in [0.29, 0.717) is 6.54 Å². The molecule has 0 aliphatic carbocycles. The maximum Gasteiger partial charge on any atom is 0.195 e. The lowest BCUT2D eigenvalue weighted by Gasteiger charge is -2.04. The predicted octanol–water partition coefficient (Wildman–Crippen LogP) is 2.79. The van der Waals surface area contributed by atoms with Crippen molar-refractivity contribution in [3.8, 4) is 0 Å². The highest BCUT2D eigenvalue weighted by Gasteiger charge is 2.04. The molecule has 5 heteroatoms. The Labute approximate surface area is 110 Å². The molecule has 96 valence electrons. The highest BCUT2D eigenvalue weighted by molar-refractivity contribution is 5.77. The summed E-state index contributed by atoms with van der Waals surface area (Å²) in [5, 5.41) is 3.30.